The molecule has 0 bridgehead atoms. The van der Waals surface area contributed by atoms with Gasteiger partial charge in [-0.25, -0.2) is 0 Å². The summed E-state index contributed by atoms with van der Waals surface area (Å²) in [4.78, 5) is 14.0. The lowest BCUT2D eigenvalue weighted by Crippen LogP contribution is -2.46. The van der Waals surface area contributed by atoms with Crippen molar-refractivity contribution in [1.82, 2.24) is 10.2 Å². The van der Waals surface area contributed by atoms with Crippen LogP contribution in [0.15, 0.2) is 0 Å². The molecule has 94 valence electrons. The zero-order valence-electron chi connectivity index (χ0n) is 10.0. The third-order valence-corrected chi connectivity index (χ3v) is 3.53. The number of hydrogen-bond acceptors (Lipinski definition) is 4. The number of nitrogens with zero attached hydrogens (tertiary/aromatic N) is 2. The van der Waals surface area contributed by atoms with Crippen LogP contribution < -0.4 is 5.32 Å². The van der Waals surface area contributed by atoms with Crippen molar-refractivity contribution in [3.63, 3.8) is 0 Å². The fourth-order valence-corrected chi connectivity index (χ4v) is 2.40. The van der Waals surface area contributed by atoms with Crippen LogP contribution in [0.5, 0.6) is 0 Å². The first-order chi connectivity index (χ1) is 8.29. The average Bonchev–Trinajstić information content (AvgIpc) is 2.86. The molecule has 2 aliphatic rings. The molecule has 0 saturated carbocycles. The maximum Gasteiger partial charge on any atom is 0.225 e. The number of likely N-dealkylation sites (tertiary alicyclic amines) is 1. The fraction of sp³-hybridized carbons (Fsp3) is 0.833. The van der Waals surface area contributed by atoms with E-state index in [-0.39, 0.29) is 17.9 Å². The Morgan fingerprint density at radius 1 is 1.41 bits per heavy atom. The van der Waals surface area contributed by atoms with Gasteiger partial charge in [0, 0.05) is 25.7 Å². The summed E-state index contributed by atoms with van der Waals surface area (Å²) < 4.78 is 5.21. The van der Waals surface area contributed by atoms with E-state index in [0.29, 0.717) is 19.8 Å². The van der Waals surface area contributed by atoms with Crippen molar-refractivity contribution >= 4 is 5.91 Å². The smallest absolute Gasteiger partial charge is 0.225 e. The SMILES string of the molecule is N#CCN1CCC(NC(=O)C2CCOC2)CC1. The fourth-order valence-electron chi connectivity index (χ4n) is 2.40. The van der Waals surface area contributed by atoms with Crippen LogP contribution in [0.3, 0.4) is 0 Å². The Balaban J connectivity index is 1.70. The minimum Gasteiger partial charge on any atom is -0.381 e. The quantitative estimate of drug-likeness (QED) is 0.708. The van der Waals surface area contributed by atoms with Crippen LogP contribution >= 0.6 is 0 Å². The van der Waals surface area contributed by atoms with Crippen LogP contribution in [0.1, 0.15) is 19.3 Å². The molecule has 0 aromatic carbocycles. The second-order valence-electron chi connectivity index (χ2n) is 4.78. The average molecular weight is 237 g/mol. The molecule has 2 heterocycles. The van der Waals surface area contributed by atoms with E-state index in [1.54, 1.807) is 0 Å². The number of hydrogen-bond donors (Lipinski definition) is 1. The summed E-state index contributed by atoms with van der Waals surface area (Å²) in [6, 6.07) is 2.44. The standard InChI is InChI=1S/C12H19N3O2/c13-4-7-15-5-1-11(2-6-15)14-12(16)10-3-8-17-9-10/h10-11H,1-3,5-9H2,(H,14,16). The van der Waals surface area contributed by atoms with E-state index < -0.39 is 0 Å². The molecule has 1 unspecified atom stereocenters. The van der Waals surface area contributed by atoms with Crippen molar-refractivity contribution < 1.29 is 9.53 Å². The lowest BCUT2D eigenvalue weighted by molar-refractivity contribution is -0.126. The van der Waals surface area contributed by atoms with Crippen molar-refractivity contribution in [3.8, 4) is 6.07 Å². The highest BCUT2D eigenvalue weighted by molar-refractivity contribution is 5.79. The van der Waals surface area contributed by atoms with Gasteiger partial charge in [-0.1, -0.05) is 0 Å². The number of carbonyl (C=O) groups excluding carboxylic acids is 1. The second kappa shape index (κ2) is 5.99. The molecule has 5 heteroatoms. The van der Waals surface area contributed by atoms with E-state index in [2.05, 4.69) is 16.3 Å². The van der Waals surface area contributed by atoms with Gasteiger partial charge in [-0.3, -0.25) is 9.69 Å². The Kier molecular flexibility index (Phi) is 4.35. The highest BCUT2D eigenvalue weighted by Crippen LogP contribution is 2.15. The Morgan fingerprint density at radius 2 is 2.18 bits per heavy atom. The van der Waals surface area contributed by atoms with Gasteiger partial charge in [-0.05, 0) is 19.3 Å². The topological polar surface area (TPSA) is 65.4 Å². The summed E-state index contributed by atoms with van der Waals surface area (Å²) in [5.41, 5.74) is 0. The molecule has 5 nitrogen and oxygen atoms in total. The van der Waals surface area contributed by atoms with E-state index in [1.165, 1.54) is 0 Å². The number of piperidine rings is 1. The normalized spacial score (nSPS) is 26.6. The van der Waals surface area contributed by atoms with Gasteiger partial charge in [0.2, 0.25) is 5.91 Å². The van der Waals surface area contributed by atoms with Crippen LogP contribution in [0.25, 0.3) is 0 Å². The van der Waals surface area contributed by atoms with Crippen molar-refractivity contribution in [2.24, 2.45) is 5.92 Å². The van der Waals surface area contributed by atoms with Gasteiger partial charge in [-0.2, -0.15) is 5.26 Å². The van der Waals surface area contributed by atoms with Crippen molar-refractivity contribution in [3.05, 3.63) is 0 Å². The lowest BCUT2D eigenvalue weighted by atomic mass is 10.0. The zero-order valence-corrected chi connectivity index (χ0v) is 10.0. The Bertz CT molecular complexity index is 299. The second-order valence-corrected chi connectivity index (χ2v) is 4.78. The third kappa shape index (κ3) is 3.42. The molecule has 17 heavy (non-hydrogen) atoms. The first-order valence-corrected chi connectivity index (χ1v) is 6.27. The highest BCUT2D eigenvalue weighted by atomic mass is 16.5. The molecule has 2 aliphatic heterocycles. The van der Waals surface area contributed by atoms with Crippen molar-refractivity contribution in [1.29, 1.82) is 5.26 Å². The van der Waals surface area contributed by atoms with Crippen LogP contribution in [-0.2, 0) is 9.53 Å². The van der Waals surface area contributed by atoms with Gasteiger partial charge in [0.25, 0.3) is 0 Å². The van der Waals surface area contributed by atoms with Crippen LogP contribution in [0.4, 0.5) is 0 Å². The molecule has 0 radical (unpaired) electrons. The molecule has 2 saturated heterocycles. The highest BCUT2D eigenvalue weighted by Gasteiger charge is 2.27. The molecule has 1 N–H and O–H groups in total. The summed E-state index contributed by atoms with van der Waals surface area (Å²) in [6.45, 7) is 3.58. The Hall–Kier alpha value is -1.12. The molecule has 1 atom stereocenters. The molecule has 1 amide bonds. The van der Waals surface area contributed by atoms with Gasteiger partial charge in [0.15, 0.2) is 0 Å². The maximum atomic E-state index is 11.9. The zero-order chi connectivity index (χ0) is 12.1. The number of ether oxygens (including phenoxy) is 1. The molecule has 2 rings (SSSR count). The van der Waals surface area contributed by atoms with Crippen LogP contribution in [0.2, 0.25) is 0 Å². The number of nitriles is 1. The molecule has 2 fully saturated rings. The predicted molar refractivity (Wildman–Crippen MR) is 62.1 cm³/mol. The van der Waals surface area contributed by atoms with Gasteiger partial charge < -0.3 is 10.1 Å². The lowest BCUT2D eigenvalue weighted by Gasteiger charge is -2.31. The Labute approximate surface area is 102 Å². The van der Waals surface area contributed by atoms with Gasteiger partial charge in [-0.15, -0.1) is 0 Å². The largest absolute Gasteiger partial charge is 0.381 e. The van der Waals surface area contributed by atoms with E-state index in [0.717, 1.165) is 32.4 Å². The summed E-state index contributed by atoms with van der Waals surface area (Å²) in [5, 5.41) is 11.7. The van der Waals surface area contributed by atoms with Crippen LogP contribution in [0, 0.1) is 17.2 Å². The van der Waals surface area contributed by atoms with E-state index in [4.69, 9.17) is 10.00 Å². The van der Waals surface area contributed by atoms with Gasteiger partial charge in [0.05, 0.1) is 25.1 Å². The minimum absolute atomic E-state index is 0.0483. The number of carbonyl (C=O) groups is 1. The summed E-state index contributed by atoms with van der Waals surface area (Å²) in [6.07, 6.45) is 2.74. The first kappa shape index (κ1) is 12.3. The van der Waals surface area contributed by atoms with Crippen molar-refractivity contribution in [2.45, 2.75) is 25.3 Å². The monoisotopic (exact) mass is 237 g/mol. The number of amides is 1. The molecular weight excluding hydrogens is 218 g/mol. The summed E-state index contributed by atoms with van der Waals surface area (Å²) in [7, 11) is 0. The van der Waals surface area contributed by atoms with Gasteiger partial charge >= 0.3 is 0 Å². The minimum atomic E-state index is 0.0483. The molecular formula is C12H19N3O2. The van der Waals surface area contributed by atoms with E-state index in [1.807, 2.05) is 0 Å². The van der Waals surface area contributed by atoms with Gasteiger partial charge in [0.1, 0.15) is 0 Å². The molecule has 0 spiro atoms. The Morgan fingerprint density at radius 3 is 2.76 bits per heavy atom. The molecule has 0 aliphatic carbocycles. The third-order valence-electron chi connectivity index (χ3n) is 3.53. The predicted octanol–water partition coefficient (Wildman–Crippen LogP) is 0.127. The summed E-state index contributed by atoms with van der Waals surface area (Å²) >= 11 is 0. The summed E-state index contributed by atoms with van der Waals surface area (Å²) in [5.74, 6) is 0.188. The number of nitrogens with one attached hydrogen (secondary N) is 1. The van der Waals surface area contributed by atoms with E-state index in [9.17, 15) is 4.79 Å². The van der Waals surface area contributed by atoms with Crippen LogP contribution in [-0.4, -0.2) is 49.7 Å². The molecule has 0 aromatic rings. The maximum absolute atomic E-state index is 11.9. The van der Waals surface area contributed by atoms with Crippen molar-refractivity contribution in [2.75, 3.05) is 32.8 Å². The molecule has 0 aromatic heterocycles. The first-order valence-electron chi connectivity index (χ1n) is 6.27. The van der Waals surface area contributed by atoms with E-state index >= 15 is 0 Å². The number of rotatable bonds is 3.